The zero-order valence-electron chi connectivity index (χ0n) is 9.43. The van der Waals surface area contributed by atoms with Crippen LogP contribution in [0.4, 0.5) is 5.69 Å². The molecule has 0 aliphatic rings. The Bertz CT molecular complexity index is 726. The van der Waals surface area contributed by atoms with E-state index in [1.54, 1.807) is 18.2 Å². The van der Waals surface area contributed by atoms with Crippen LogP contribution in [-0.4, -0.2) is 23.1 Å². The largest absolute Gasteiger partial charge is 0.274 e. The van der Waals surface area contributed by atoms with Crippen LogP contribution < -0.4 is 0 Å². The highest BCUT2D eigenvalue weighted by atomic mass is 35.7. The minimum absolute atomic E-state index is 0.0479. The van der Waals surface area contributed by atoms with Crippen molar-refractivity contribution in [1.29, 1.82) is 0 Å². The first-order chi connectivity index (χ1) is 8.88. The Labute approximate surface area is 113 Å². The third kappa shape index (κ3) is 3.09. The fraction of sp³-hybridized carbons (Fsp3) is 0.100. The monoisotopic (exact) mass is 301 g/mol. The topological polar surface area (TPSA) is 95.1 Å². The molecule has 7 nitrogen and oxygen atoms in total. The van der Waals surface area contributed by atoms with Crippen molar-refractivity contribution in [2.45, 2.75) is 11.4 Å². The number of halogens is 1. The molecule has 0 aliphatic heterocycles. The Hall–Kier alpha value is -1.93. The highest BCUT2D eigenvalue weighted by molar-refractivity contribution is 8.13. The van der Waals surface area contributed by atoms with Gasteiger partial charge in [-0.3, -0.25) is 14.8 Å². The first-order valence-corrected chi connectivity index (χ1v) is 7.38. The number of aromatic nitrogens is 2. The number of rotatable bonds is 4. The van der Waals surface area contributed by atoms with Crippen molar-refractivity contribution in [2.24, 2.45) is 0 Å². The smallest absolute Gasteiger partial charge is 0.267 e. The second kappa shape index (κ2) is 4.98. The molecule has 0 radical (unpaired) electrons. The first-order valence-electron chi connectivity index (χ1n) is 5.07. The number of benzene rings is 1. The molecule has 1 aromatic carbocycles. The molecule has 0 unspecified atom stereocenters. The van der Waals surface area contributed by atoms with Crippen molar-refractivity contribution in [3.05, 3.63) is 52.3 Å². The lowest BCUT2D eigenvalue weighted by Gasteiger charge is -2.02. The van der Waals surface area contributed by atoms with Crippen LogP contribution in [0, 0.1) is 10.1 Å². The Balaban J connectivity index is 2.32. The molecular formula is C10H8ClN3O4S. The summed E-state index contributed by atoms with van der Waals surface area (Å²) in [7, 11) is 1.32. The Kier molecular flexibility index (Phi) is 3.54. The van der Waals surface area contributed by atoms with E-state index in [-0.39, 0.29) is 17.1 Å². The summed E-state index contributed by atoms with van der Waals surface area (Å²) in [6.07, 6.45) is 2.32. The van der Waals surface area contributed by atoms with Gasteiger partial charge in [0, 0.05) is 22.9 Å². The van der Waals surface area contributed by atoms with Gasteiger partial charge in [0.25, 0.3) is 14.7 Å². The van der Waals surface area contributed by atoms with Gasteiger partial charge in [-0.05, 0) is 0 Å². The predicted octanol–water partition coefficient (Wildman–Crippen LogP) is 1.77. The number of nitro groups is 1. The van der Waals surface area contributed by atoms with E-state index in [4.69, 9.17) is 10.7 Å². The molecule has 100 valence electrons. The van der Waals surface area contributed by atoms with Gasteiger partial charge in [-0.15, -0.1) is 0 Å². The number of nitrogens with zero attached hydrogens (tertiary/aromatic N) is 3. The van der Waals surface area contributed by atoms with Gasteiger partial charge in [-0.25, -0.2) is 8.42 Å². The average Bonchev–Trinajstić information content (AvgIpc) is 2.77. The highest BCUT2D eigenvalue weighted by Gasteiger charge is 2.16. The zero-order chi connectivity index (χ0) is 14.0. The van der Waals surface area contributed by atoms with E-state index < -0.39 is 14.0 Å². The molecule has 2 rings (SSSR count). The van der Waals surface area contributed by atoms with Crippen LogP contribution in [0.1, 0.15) is 5.56 Å². The van der Waals surface area contributed by atoms with Crippen molar-refractivity contribution in [3.8, 4) is 0 Å². The number of hydrogen-bond acceptors (Lipinski definition) is 5. The molecule has 0 aliphatic carbocycles. The van der Waals surface area contributed by atoms with Gasteiger partial charge in [0.2, 0.25) is 0 Å². The van der Waals surface area contributed by atoms with Crippen molar-refractivity contribution in [3.63, 3.8) is 0 Å². The molecule has 2 aromatic rings. The van der Waals surface area contributed by atoms with Crippen molar-refractivity contribution >= 4 is 25.4 Å². The van der Waals surface area contributed by atoms with Crippen LogP contribution in [0.3, 0.4) is 0 Å². The summed E-state index contributed by atoms with van der Waals surface area (Å²) in [6, 6.07) is 6.16. The van der Waals surface area contributed by atoms with Crippen molar-refractivity contribution < 1.29 is 13.3 Å². The lowest BCUT2D eigenvalue weighted by atomic mass is 10.2. The van der Waals surface area contributed by atoms with Crippen LogP contribution in [0.15, 0.2) is 41.6 Å². The number of hydrogen-bond donors (Lipinski definition) is 0. The molecule has 0 amide bonds. The van der Waals surface area contributed by atoms with Gasteiger partial charge >= 0.3 is 0 Å². The van der Waals surface area contributed by atoms with E-state index in [2.05, 4.69) is 5.10 Å². The van der Waals surface area contributed by atoms with Crippen LogP contribution >= 0.6 is 10.7 Å². The first kappa shape index (κ1) is 13.5. The van der Waals surface area contributed by atoms with Gasteiger partial charge < -0.3 is 0 Å². The van der Waals surface area contributed by atoms with Gasteiger partial charge in [0.1, 0.15) is 4.90 Å². The quantitative estimate of drug-likeness (QED) is 0.487. The summed E-state index contributed by atoms with van der Waals surface area (Å²) in [4.78, 5) is 10.2. The molecule has 19 heavy (non-hydrogen) atoms. The van der Waals surface area contributed by atoms with Gasteiger partial charge in [-0.1, -0.05) is 18.2 Å². The van der Waals surface area contributed by atoms with E-state index in [1.165, 1.54) is 16.9 Å². The van der Waals surface area contributed by atoms with E-state index in [0.717, 1.165) is 6.20 Å². The minimum Gasteiger partial charge on any atom is -0.267 e. The van der Waals surface area contributed by atoms with Gasteiger partial charge in [0.15, 0.2) is 0 Å². The van der Waals surface area contributed by atoms with Gasteiger partial charge in [-0.2, -0.15) is 5.10 Å². The van der Waals surface area contributed by atoms with Crippen LogP contribution in [0.2, 0.25) is 0 Å². The van der Waals surface area contributed by atoms with Crippen LogP contribution in [-0.2, 0) is 15.6 Å². The standard InChI is InChI=1S/C10H8ClN3O4S/c11-19(17,18)9-5-12-13(7-9)6-8-3-1-2-4-10(8)14(15)16/h1-5,7H,6H2. The number of para-hydroxylation sites is 1. The van der Waals surface area contributed by atoms with Crippen LogP contribution in [0.25, 0.3) is 0 Å². The molecule has 0 spiro atoms. The third-order valence-corrected chi connectivity index (χ3v) is 3.72. The van der Waals surface area contributed by atoms with E-state index in [0.29, 0.717) is 5.56 Å². The third-order valence-electron chi connectivity index (χ3n) is 2.41. The predicted molar refractivity (Wildman–Crippen MR) is 67.5 cm³/mol. The molecule has 1 aromatic heterocycles. The molecule has 9 heteroatoms. The normalized spacial score (nSPS) is 11.4. The summed E-state index contributed by atoms with van der Waals surface area (Å²) < 4.78 is 23.4. The summed E-state index contributed by atoms with van der Waals surface area (Å²) in [5.41, 5.74) is 0.377. The summed E-state index contributed by atoms with van der Waals surface area (Å²) in [5, 5.41) is 14.6. The second-order valence-electron chi connectivity index (χ2n) is 3.70. The average molecular weight is 302 g/mol. The molecule has 0 fully saturated rings. The maximum Gasteiger partial charge on any atom is 0.274 e. The summed E-state index contributed by atoms with van der Waals surface area (Å²) >= 11 is 0. The Morgan fingerprint density at radius 2 is 2.05 bits per heavy atom. The van der Waals surface area contributed by atoms with Crippen molar-refractivity contribution in [2.75, 3.05) is 0 Å². The van der Waals surface area contributed by atoms with Crippen molar-refractivity contribution in [1.82, 2.24) is 9.78 Å². The van der Waals surface area contributed by atoms with E-state index in [9.17, 15) is 18.5 Å². The highest BCUT2D eigenvalue weighted by Crippen LogP contribution is 2.19. The SMILES string of the molecule is O=[N+]([O-])c1ccccc1Cn1cc(S(=O)(=O)Cl)cn1. The molecule has 0 atom stereocenters. The minimum atomic E-state index is -3.85. The maximum atomic E-state index is 11.1. The zero-order valence-corrected chi connectivity index (χ0v) is 11.0. The lowest BCUT2D eigenvalue weighted by Crippen LogP contribution is -2.03. The Morgan fingerprint density at radius 1 is 1.37 bits per heavy atom. The molecule has 0 N–H and O–H groups in total. The van der Waals surface area contributed by atoms with E-state index >= 15 is 0 Å². The molecule has 0 bridgehead atoms. The maximum absolute atomic E-state index is 11.1. The van der Waals surface area contributed by atoms with E-state index in [1.807, 2.05) is 0 Å². The molecule has 0 saturated carbocycles. The fourth-order valence-electron chi connectivity index (χ4n) is 1.55. The summed E-state index contributed by atoms with van der Waals surface area (Å²) in [6.45, 7) is 0.0869. The molecule has 1 heterocycles. The van der Waals surface area contributed by atoms with Crippen LogP contribution in [0.5, 0.6) is 0 Å². The molecular weight excluding hydrogens is 294 g/mol. The fourth-order valence-corrected chi connectivity index (χ4v) is 2.21. The second-order valence-corrected chi connectivity index (χ2v) is 6.26. The summed E-state index contributed by atoms with van der Waals surface area (Å²) in [5.74, 6) is 0. The lowest BCUT2D eigenvalue weighted by molar-refractivity contribution is -0.385. The Morgan fingerprint density at radius 3 is 2.63 bits per heavy atom. The molecule has 0 saturated heterocycles. The van der Waals surface area contributed by atoms with Gasteiger partial charge in [0.05, 0.1) is 23.2 Å². The number of nitro benzene ring substituents is 1.